The molecule has 0 bridgehead atoms. The molecule has 144 valence electrons. The molecule has 27 heavy (non-hydrogen) atoms. The molecule has 0 heterocycles. The van der Waals surface area contributed by atoms with Gasteiger partial charge in [0.25, 0.3) is 0 Å². The Hall–Kier alpha value is -2.33. The van der Waals surface area contributed by atoms with Gasteiger partial charge in [-0.3, -0.25) is 0 Å². The van der Waals surface area contributed by atoms with Crippen molar-refractivity contribution >= 4 is 6.09 Å². The lowest BCUT2D eigenvalue weighted by atomic mass is 9.81. The maximum atomic E-state index is 12.2. The third kappa shape index (κ3) is 4.01. The molecule has 1 amide bonds. The molecule has 2 aromatic carbocycles. The summed E-state index contributed by atoms with van der Waals surface area (Å²) in [5.74, 6) is 0.182. The van der Waals surface area contributed by atoms with Gasteiger partial charge in [0.15, 0.2) is 0 Å². The molecule has 0 saturated carbocycles. The van der Waals surface area contributed by atoms with E-state index in [2.05, 4.69) is 29.6 Å². The highest BCUT2D eigenvalue weighted by molar-refractivity contribution is 5.79. The van der Waals surface area contributed by atoms with E-state index in [1.807, 2.05) is 52.0 Å². The van der Waals surface area contributed by atoms with Gasteiger partial charge in [0.1, 0.15) is 6.61 Å². The highest BCUT2D eigenvalue weighted by Gasteiger charge is 2.32. The average molecular weight is 367 g/mol. The van der Waals surface area contributed by atoms with Crippen LogP contribution in [0.5, 0.6) is 0 Å². The molecule has 4 nitrogen and oxygen atoms in total. The number of fused-ring (bicyclic) bond motifs is 3. The molecule has 2 aromatic rings. The summed E-state index contributed by atoms with van der Waals surface area (Å²) >= 11 is 0. The number of aliphatic hydroxyl groups is 1. The quantitative estimate of drug-likeness (QED) is 0.786. The maximum absolute atomic E-state index is 12.2. The molecule has 0 spiro atoms. The van der Waals surface area contributed by atoms with Crippen LogP contribution >= 0.6 is 0 Å². The second-order valence-corrected chi connectivity index (χ2v) is 8.36. The van der Waals surface area contributed by atoms with Crippen molar-refractivity contribution in [1.82, 2.24) is 5.32 Å². The van der Waals surface area contributed by atoms with Crippen molar-refractivity contribution in [3.05, 3.63) is 59.7 Å². The summed E-state index contributed by atoms with van der Waals surface area (Å²) < 4.78 is 5.54. The molecule has 2 N–H and O–H groups in total. The minimum atomic E-state index is -0.494. The van der Waals surface area contributed by atoms with Crippen molar-refractivity contribution in [1.29, 1.82) is 0 Å². The molecule has 0 saturated heterocycles. The number of ether oxygens (including phenoxy) is 1. The summed E-state index contributed by atoms with van der Waals surface area (Å²) in [6, 6.07) is 16.5. The lowest BCUT2D eigenvalue weighted by Gasteiger charge is -2.33. The van der Waals surface area contributed by atoms with Crippen LogP contribution in [0.25, 0.3) is 11.1 Å². The zero-order valence-corrected chi connectivity index (χ0v) is 16.5. The summed E-state index contributed by atoms with van der Waals surface area (Å²) in [5, 5.41) is 13.1. The van der Waals surface area contributed by atoms with Crippen molar-refractivity contribution in [2.45, 2.75) is 39.7 Å². The smallest absolute Gasteiger partial charge is 0.407 e. The Balaban J connectivity index is 1.63. The van der Waals surface area contributed by atoms with Crippen LogP contribution in [0, 0.1) is 11.3 Å². The topological polar surface area (TPSA) is 58.6 Å². The van der Waals surface area contributed by atoms with Gasteiger partial charge in [-0.2, -0.15) is 0 Å². The van der Waals surface area contributed by atoms with Crippen molar-refractivity contribution in [3.8, 4) is 11.1 Å². The largest absolute Gasteiger partial charge is 0.449 e. The number of aliphatic hydroxyl groups excluding tert-OH is 1. The Bertz CT molecular complexity index is 767. The fraction of sp³-hybridized carbons (Fsp3) is 0.435. The maximum Gasteiger partial charge on any atom is 0.407 e. The van der Waals surface area contributed by atoms with Crippen LogP contribution in [-0.4, -0.2) is 30.5 Å². The molecule has 0 aromatic heterocycles. The first kappa shape index (κ1) is 19.4. The fourth-order valence-electron chi connectivity index (χ4n) is 3.96. The second-order valence-electron chi connectivity index (χ2n) is 8.36. The van der Waals surface area contributed by atoms with E-state index in [-0.39, 0.29) is 11.8 Å². The number of benzene rings is 2. The van der Waals surface area contributed by atoms with E-state index in [4.69, 9.17) is 4.74 Å². The molecule has 1 aliphatic carbocycles. The van der Waals surface area contributed by atoms with Gasteiger partial charge < -0.3 is 15.2 Å². The Morgan fingerprint density at radius 3 is 2.11 bits per heavy atom. The number of rotatable bonds is 6. The molecule has 1 unspecified atom stereocenters. The van der Waals surface area contributed by atoms with E-state index in [0.29, 0.717) is 13.2 Å². The van der Waals surface area contributed by atoms with E-state index in [1.54, 1.807) is 0 Å². The van der Waals surface area contributed by atoms with Crippen LogP contribution in [-0.2, 0) is 4.74 Å². The molecule has 0 fully saturated rings. The molecule has 0 radical (unpaired) electrons. The van der Waals surface area contributed by atoms with Crippen molar-refractivity contribution in [3.63, 3.8) is 0 Å². The lowest BCUT2D eigenvalue weighted by molar-refractivity contribution is 0.0132. The molecule has 1 atom stereocenters. The van der Waals surface area contributed by atoms with Crippen LogP contribution in [0.2, 0.25) is 0 Å². The number of amides is 1. The lowest BCUT2D eigenvalue weighted by Crippen LogP contribution is -2.43. The van der Waals surface area contributed by atoms with Gasteiger partial charge in [-0.15, -0.1) is 0 Å². The first-order valence-corrected chi connectivity index (χ1v) is 9.58. The first-order chi connectivity index (χ1) is 12.8. The van der Waals surface area contributed by atoms with Crippen LogP contribution in [0.15, 0.2) is 48.5 Å². The van der Waals surface area contributed by atoms with Crippen LogP contribution in [0.4, 0.5) is 4.79 Å². The van der Waals surface area contributed by atoms with Crippen LogP contribution in [0.3, 0.4) is 0 Å². The fourth-order valence-corrected chi connectivity index (χ4v) is 3.96. The predicted molar refractivity (Wildman–Crippen MR) is 108 cm³/mol. The molecular formula is C23H29NO3. The summed E-state index contributed by atoms with van der Waals surface area (Å²) in [6.45, 7) is 8.50. The Morgan fingerprint density at radius 2 is 1.59 bits per heavy atom. The number of hydrogen-bond donors (Lipinski definition) is 2. The highest BCUT2D eigenvalue weighted by atomic mass is 16.5. The van der Waals surface area contributed by atoms with E-state index in [1.165, 1.54) is 22.3 Å². The van der Waals surface area contributed by atoms with Gasteiger partial charge in [-0.1, -0.05) is 76.2 Å². The number of alkyl carbamates (subject to hydrolysis) is 1. The average Bonchev–Trinajstić information content (AvgIpc) is 2.98. The normalized spacial score (nSPS) is 14.6. The SMILES string of the molecule is CC(C)C(O)C(C)(C)CNC(=O)OCC1c2ccccc2-c2ccccc21. The minimum Gasteiger partial charge on any atom is -0.449 e. The van der Waals surface area contributed by atoms with Gasteiger partial charge >= 0.3 is 6.09 Å². The van der Waals surface area contributed by atoms with E-state index < -0.39 is 17.6 Å². The molecule has 4 heteroatoms. The van der Waals surface area contributed by atoms with Crippen LogP contribution < -0.4 is 5.32 Å². The van der Waals surface area contributed by atoms with Gasteiger partial charge in [0.05, 0.1) is 6.10 Å². The highest BCUT2D eigenvalue weighted by Crippen LogP contribution is 2.44. The van der Waals surface area contributed by atoms with Gasteiger partial charge in [0, 0.05) is 17.9 Å². The molecule has 1 aliphatic rings. The monoisotopic (exact) mass is 367 g/mol. The predicted octanol–water partition coefficient (Wildman–Crippen LogP) is 4.57. The number of carbonyl (C=O) groups is 1. The summed E-state index contributed by atoms with van der Waals surface area (Å²) in [5.41, 5.74) is 4.40. The van der Waals surface area contributed by atoms with E-state index in [0.717, 1.165) is 0 Å². The Morgan fingerprint density at radius 1 is 1.07 bits per heavy atom. The Kier molecular flexibility index (Phi) is 5.56. The summed E-state index contributed by atoms with van der Waals surface area (Å²) in [4.78, 5) is 12.2. The second kappa shape index (κ2) is 7.73. The summed E-state index contributed by atoms with van der Waals surface area (Å²) in [6.07, 6.45) is -0.938. The van der Waals surface area contributed by atoms with Gasteiger partial charge in [-0.25, -0.2) is 4.79 Å². The van der Waals surface area contributed by atoms with E-state index in [9.17, 15) is 9.90 Å². The van der Waals surface area contributed by atoms with Crippen molar-refractivity contribution in [2.75, 3.05) is 13.2 Å². The standard InChI is InChI=1S/C23H29NO3/c1-15(2)21(25)23(3,4)14-24-22(26)27-13-20-18-11-7-5-9-16(18)17-10-6-8-12-19(17)20/h5-12,15,20-21,25H,13-14H2,1-4H3,(H,24,26). The zero-order chi connectivity index (χ0) is 19.6. The summed E-state index contributed by atoms with van der Waals surface area (Å²) in [7, 11) is 0. The zero-order valence-electron chi connectivity index (χ0n) is 16.5. The van der Waals surface area contributed by atoms with Gasteiger partial charge in [-0.05, 0) is 28.2 Å². The number of carbonyl (C=O) groups excluding carboxylic acids is 1. The van der Waals surface area contributed by atoms with Crippen LogP contribution in [0.1, 0.15) is 44.7 Å². The third-order valence-electron chi connectivity index (χ3n) is 5.46. The Labute approximate surface area is 161 Å². The third-order valence-corrected chi connectivity index (χ3v) is 5.46. The molecule has 0 aliphatic heterocycles. The minimum absolute atomic E-state index is 0.0532. The van der Waals surface area contributed by atoms with Gasteiger partial charge in [0.2, 0.25) is 0 Å². The number of hydrogen-bond acceptors (Lipinski definition) is 3. The van der Waals surface area contributed by atoms with Crippen molar-refractivity contribution < 1.29 is 14.6 Å². The molecule has 3 rings (SSSR count). The molecular weight excluding hydrogens is 338 g/mol. The van der Waals surface area contributed by atoms with E-state index >= 15 is 0 Å². The number of nitrogens with one attached hydrogen (secondary N) is 1. The first-order valence-electron chi connectivity index (χ1n) is 9.58. The van der Waals surface area contributed by atoms with Crippen molar-refractivity contribution in [2.24, 2.45) is 11.3 Å².